The third-order valence-corrected chi connectivity index (χ3v) is 5.73. The molecule has 3 rings (SSSR count). The van der Waals surface area contributed by atoms with Crippen LogP contribution in [0.3, 0.4) is 0 Å². The molecule has 1 unspecified atom stereocenters. The quantitative estimate of drug-likeness (QED) is 0.849. The third kappa shape index (κ3) is 4.14. The van der Waals surface area contributed by atoms with Crippen molar-refractivity contribution in [3.8, 4) is 0 Å². The van der Waals surface area contributed by atoms with Crippen LogP contribution in [0.1, 0.15) is 38.7 Å². The van der Waals surface area contributed by atoms with Gasteiger partial charge in [-0.2, -0.15) is 0 Å². The molecule has 2 aliphatic heterocycles. The molecular formula is C20H32N2O. The molecule has 0 aliphatic carbocycles. The average molecular weight is 316 g/mol. The molecule has 0 bridgehead atoms. The standard InChI is InChI=1S/C20H32N2O/c1-19(2)17-20(10-16-23-19,18-7-5-4-6-8-18)9-11-22-14-12-21(3)13-15-22/h4-8H,9-17H2,1-3H3. The van der Waals surface area contributed by atoms with E-state index in [0.717, 1.165) is 19.4 Å². The molecule has 0 radical (unpaired) electrons. The Morgan fingerprint density at radius 2 is 1.74 bits per heavy atom. The lowest BCUT2D eigenvalue weighted by Crippen LogP contribution is -2.48. The van der Waals surface area contributed by atoms with Crippen LogP contribution < -0.4 is 0 Å². The molecule has 128 valence electrons. The first-order chi connectivity index (χ1) is 11.0. The lowest BCUT2D eigenvalue weighted by Gasteiger charge is -2.46. The van der Waals surface area contributed by atoms with Crippen molar-refractivity contribution in [2.75, 3.05) is 46.4 Å². The first kappa shape index (κ1) is 16.9. The van der Waals surface area contributed by atoms with Gasteiger partial charge in [-0.25, -0.2) is 0 Å². The highest BCUT2D eigenvalue weighted by atomic mass is 16.5. The molecule has 2 saturated heterocycles. The summed E-state index contributed by atoms with van der Waals surface area (Å²) in [6.45, 7) is 11.4. The Bertz CT molecular complexity index is 494. The summed E-state index contributed by atoms with van der Waals surface area (Å²) in [4.78, 5) is 5.08. The van der Waals surface area contributed by atoms with Crippen molar-refractivity contribution in [1.82, 2.24) is 9.80 Å². The number of ether oxygens (including phenoxy) is 1. The minimum absolute atomic E-state index is 0.0177. The van der Waals surface area contributed by atoms with Crippen molar-refractivity contribution < 1.29 is 4.74 Å². The first-order valence-corrected chi connectivity index (χ1v) is 9.10. The van der Waals surface area contributed by atoms with E-state index < -0.39 is 0 Å². The summed E-state index contributed by atoms with van der Waals surface area (Å²) in [6.07, 6.45) is 3.51. The van der Waals surface area contributed by atoms with E-state index in [1.165, 1.54) is 44.7 Å². The van der Waals surface area contributed by atoms with Gasteiger partial charge >= 0.3 is 0 Å². The fourth-order valence-corrected chi connectivity index (χ4v) is 4.32. The normalized spacial score (nSPS) is 29.5. The number of benzene rings is 1. The average Bonchev–Trinajstić information content (AvgIpc) is 2.54. The summed E-state index contributed by atoms with van der Waals surface area (Å²) in [6, 6.07) is 11.2. The highest BCUT2D eigenvalue weighted by molar-refractivity contribution is 5.27. The molecule has 0 spiro atoms. The van der Waals surface area contributed by atoms with E-state index in [4.69, 9.17) is 4.74 Å². The predicted molar refractivity (Wildman–Crippen MR) is 95.9 cm³/mol. The molecule has 0 amide bonds. The van der Waals surface area contributed by atoms with Gasteiger partial charge in [0.15, 0.2) is 0 Å². The maximum Gasteiger partial charge on any atom is 0.0635 e. The summed E-state index contributed by atoms with van der Waals surface area (Å²) in [5, 5.41) is 0. The van der Waals surface area contributed by atoms with Gasteiger partial charge < -0.3 is 14.5 Å². The minimum Gasteiger partial charge on any atom is -0.376 e. The molecule has 3 heteroatoms. The molecule has 2 fully saturated rings. The van der Waals surface area contributed by atoms with E-state index in [1.807, 2.05) is 0 Å². The Morgan fingerprint density at radius 1 is 1.04 bits per heavy atom. The van der Waals surface area contributed by atoms with Gasteiger partial charge in [0.05, 0.1) is 5.60 Å². The van der Waals surface area contributed by atoms with Crippen molar-refractivity contribution in [2.24, 2.45) is 0 Å². The number of hydrogen-bond donors (Lipinski definition) is 0. The van der Waals surface area contributed by atoms with Gasteiger partial charge in [0.2, 0.25) is 0 Å². The van der Waals surface area contributed by atoms with E-state index in [9.17, 15) is 0 Å². The van der Waals surface area contributed by atoms with Gasteiger partial charge in [-0.05, 0) is 52.3 Å². The topological polar surface area (TPSA) is 15.7 Å². The summed E-state index contributed by atoms with van der Waals surface area (Å²) in [5.41, 5.74) is 1.76. The van der Waals surface area contributed by atoms with Crippen LogP contribution in [-0.2, 0) is 10.2 Å². The summed E-state index contributed by atoms with van der Waals surface area (Å²) >= 11 is 0. The molecule has 3 nitrogen and oxygen atoms in total. The summed E-state index contributed by atoms with van der Waals surface area (Å²) in [7, 11) is 2.23. The Hall–Kier alpha value is -0.900. The SMILES string of the molecule is CN1CCN(CCC2(c3ccccc3)CCOC(C)(C)C2)CC1. The molecule has 0 saturated carbocycles. The molecule has 2 heterocycles. The van der Waals surface area contributed by atoms with Crippen LogP contribution in [0.2, 0.25) is 0 Å². The van der Waals surface area contributed by atoms with Crippen LogP contribution in [0, 0.1) is 0 Å². The van der Waals surface area contributed by atoms with Crippen LogP contribution in [0.4, 0.5) is 0 Å². The zero-order valence-electron chi connectivity index (χ0n) is 15.1. The molecule has 1 aromatic rings. The van der Waals surface area contributed by atoms with E-state index in [0.29, 0.717) is 0 Å². The second-order valence-electron chi connectivity index (χ2n) is 8.08. The fraction of sp³-hybridized carbons (Fsp3) is 0.700. The van der Waals surface area contributed by atoms with Crippen molar-refractivity contribution in [2.45, 2.75) is 44.1 Å². The molecular weight excluding hydrogens is 284 g/mol. The molecule has 0 aromatic heterocycles. The Balaban J connectivity index is 1.73. The zero-order valence-corrected chi connectivity index (χ0v) is 15.1. The van der Waals surface area contributed by atoms with Gasteiger partial charge in [-0.1, -0.05) is 30.3 Å². The van der Waals surface area contributed by atoms with Crippen molar-refractivity contribution >= 4 is 0 Å². The Morgan fingerprint density at radius 3 is 2.39 bits per heavy atom. The number of rotatable bonds is 4. The van der Waals surface area contributed by atoms with E-state index in [-0.39, 0.29) is 11.0 Å². The maximum absolute atomic E-state index is 6.03. The van der Waals surface area contributed by atoms with Gasteiger partial charge in [-0.3, -0.25) is 0 Å². The summed E-state index contributed by atoms with van der Waals surface area (Å²) < 4.78 is 6.03. The fourth-order valence-electron chi connectivity index (χ4n) is 4.32. The van der Waals surface area contributed by atoms with Crippen molar-refractivity contribution in [1.29, 1.82) is 0 Å². The smallest absolute Gasteiger partial charge is 0.0635 e. The van der Waals surface area contributed by atoms with Crippen molar-refractivity contribution in [3.63, 3.8) is 0 Å². The highest BCUT2D eigenvalue weighted by Gasteiger charge is 2.42. The van der Waals surface area contributed by atoms with Crippen molar-refractivity contribution in [3.05, 3.63) is 35.9 Å². The first-order valence-electron chi connectivity index (χ1n) is 9.10. The van der Waals surface area contributed by atoms with Gasteiger partial charge in [0, 0.05) is 38.2 Å². The van der Waals surface area contributed by atoms with Gasteiger partial charge in [0.1, 0.15) is 0 Å². The molecule has 23 heavy (non-hydrogen) atoms. The molecule has 2 aliphatic rings. The predicted octanol–water partition coefficient (Wildman–Crippen LogP) is 3.15. The lowest BCUT2D eigenvalue weighted by molar-refractivity contribution is -0.0856. The zero-order chi connectivity index (χ0) is 16.3. The molecule has 1 aromatic carbocycles. The molecule has 1 atom stereocenters. The Kier molecular flexibility index (Phi) is 5.10. The van der Waals surface area contributed by atoms with Crippen LogP contribution in [0.5, 0.6) is 0 Å². The second-order valence-corrected chi connectivity index (χ2v) is 8.08. The van der Waals surface area contributed by atoms with Crippen LogP contribution in [-0.4, -0.2) is 61.8 Å². The maximum atomic E-state index is 6.03. The number of piperazine rings is 1. The third-order valence-electron chi connectivity index (χ3n) is 5.73. The lowest BCUT2D eigenvalue weighted by atomic mass is 9.67. The number of nitrogens with zero attached hydrogens (tertiary/aromatic N) is 2. The van der Waals surface area contributed by atoms with Crippen LogP contribution in [0.15, 0.2) is 30.3 Å². The van der Waals surface area contributed by atoms with E-state index in [2.05, 4.69) is 61.0 Å². The summed E-state index contributed by atoms with van der Waals surface area (Å²) in [5.74, 6) is 0. The Labute approximate surface area is 141 Å². The van der Waals surface area contributed by atoms with Crippen LogP contribution in [0.25, 0.3) is 0 Å². The highest BCUT2D eigenvalue weighted by Crippen LogP contribution is 2.44. The van der Waals surface area contributed by atoms with Gasteiger partial charge in [0.25, 0.3) is 0 Å². The van der Waals surface area contributed by atoms with E-state index >= 15 is 0 Å². The second kappa shape index (κ2) is 6.92. The minimum atomic E-state index is -0.0177. The van der Waals surface area contributed by atoms with Crippen LogP contribution >= 0.6 is 0 Å². The van der Waals surface area contributed by atoms with Gasteiger partial charge in [-0.15, -0.1) is 0 Å². The molecule has 0 N–H and O–H groups in total. The van der Waals surface area contributed by atoms with E-state index in [1.54, 1.807) is 0 Å². The monoisotopic (exact) mass is 316 g/mol. The number of hydrogen-bond acceptors (Lipinski definition) is 3. The number of likely N-dealkylation sites (N-methyl/N-ethyl adjacent to an activating group) is 1. The largest absolute Gasteiger partial charge is 0.376 e.